The van der Waals surface area contributed by atoms with Crippen LogP contribution in [0.1, 0.15) is 54.4 Å². The van der Waals surface area contributed by atoms with Crippen LogP contribution < -0.4 is 20.4 Å². The first-order valence-electron chi connectivity index (χ1n) is 17.2. The van der Waals surface area contributed by atoms with Gasteiger partial charge in [0.1, 0.15) is 16.5 Å². The smallest absolute Gasteiger partial charge is 0.268 e. The number of thiophene rings is 1. The fourth-order valence-electron chi connectivity index (χ4n) is 7.31. The monoisotopic (exact) mass is 719 g/mol. The lowest BCUT2D eigenvalue weighted by Gasteiger charge is -2.53. The number of carbonyl (C=O) groups excluding carboxylic acids is 3. The van der Waals surface area contributed by atoms with Gasteiger partial charge in [0.15, 0.2) is 5.82 Å². The molecule has 2 fully saturated rings. The lowest BCUT2D eigenvalue weighted by atomic mass is 9.73. The molecule has 5 heterocycles. The number of nitrogens with zero attached hydrogens (tertiary/aromatic N) is 3. The third-order valence-electron chi connectivity index (χ3n) is 10.0. The molecule has 9 nitrogen and oxygen atoms in total. The minimum absolute atomic E-state index is 0.108. The summed E-state index contributed by atoms with van der Waals surface area (Å²) in [5.74, 6) is -1.74. The second-order valence-corrected chi connectivity index (χ2v) is 14.6. The van der Waals surface area contributed by atoms with E-state index in [9.17, 15) is 18.8 Å². The Morgan fingerprint density at radius 3 is 2.40 bits per heavy atom. The van der Waals surface area contributed by atoms with Gasteiger partial charge in [-0.25, -0.2) is 13.8 Å². The molecule has 8 rings (SSSR count). The molecule has 0 bridgehead atoms. The molecule has 0 aliphatic carbocycles. The van der Waals surface area contributed by atoms with E-state index in [-0.39, 0.29) is 40.8 Å². The lowest BCUT2D eigenvalue weighted by Crippen LogP contribution is -2.59. The summed E-state index contributed by atoms with van der Waals surface area (Å²) in [6.07, 6.45) is 3.98. The van der Waals surface area contributed by atoms with Crippen molar-refractivity contribution in [1.82, 2.24) is 4.98 Å². The molecule has 5 aromatic rings. The van der Waals surface area contributed by atoms with Crippen molar-refractivity contribution in [3.05, 3.63) is 124 Å². The molecular formula is C40H35F2N5O4S. The molecule has 12 heteroatoms. The Hall–Kier alpha value is -5.46. The Morgan fingerprint density at radius 2 is 1.63 bits per heavy atom. The maximum atomic E-state index is 15.9. The highest BCUT2D eigenvalue weighted by atomic mass is 32.1. The van der Waals surface area contributed by atoms with Crippen LogP contribution in [0.2, 0.25) is 0 Å². The third-order valence-corrected chi connectivity index (χ3v) is 11.3. The molecule has 3 aliphatic heterocycles. The first-order chi connectivity index (χ1) is 25.2. The van der Waals surface area contributed by atoms with Crippen LogP contribution in [0, 0.1) is 24.0 Å². The molecular weight excluding hydrogens is 685 g/mol. The number of benzene rings is 3. The summed E-state index contributed by atoms with van der Waals surface area (Å²) in [6, 6.07) is 21.2. The van der Waals surface area contributed by atoms with Gasteiger partial charge < -0.3 is 25.2 Å². The number of hydrogen-bond acceptors (Lipinski definition) is 7. The van der Waals surface area contributed by atoms with E-state index in [0.717, 1.165) is 56.0 Å². The summed E-state index contributed by atoms with van der Waals surface area (Å²) in [5, 5.41) is 5.56. The summed E-state index contributed by atoms with van der Waals surface area (Å²) in [6.45, 7) is 5.30. The van der Waals surface area contributed by atoms with Crippen molar-refractivity contribution in [2.75, 3.05) is 53.3 Å². The van der Waals surface area contributed by atoms with Crippen LogP contribution in [0.3, 0.4) is 0 Å². The number of ether oxygens (including phenoxy) is 1. The van der Waals surface area contributed by atoms with Crippen molar-refractivity contribution in [1.29, 1.82) is 0 Å². The van der Waals surface area contributed by atoms with Gasteiger partial charge >= 0.3 is 0 Å². The Balaban J connectivity index is 0.986. The summed E-state index contributed by atoms with van der Waals surface area (Å²) in [7, 11) is 0. The SMILES string of the molecule is Cc1cnc(N2CC3(CCOCC3)C2)c(C(=O)Nc2ccc(C(=O)N3CCc4c(sc(C(=O)Nc5cccc(F)c5)c4F)-c4ccccc43)cc2)c1. The van der Waals surface area contributed by atoms with Crippen LogP contribution in [0.5, 0.6) is 0 Å². The molecule has 1 spiro atoms. The number of nitrogens with one attached hydrogen (secondary N) is 2. The van der Waals surface area contributed by atoms with Crippen molar-refractivity contribution in [2.24, 2.45) is 5.41 Å². The zero-order chi connectivity index (χ0) is 36.0. The number of fused-ring (bicyclic) bond motifs is 3. The van der Waals surface area contributed by atoms with Gasteiger partial charge in [0.2, 0.25) is 0 Å². The van der Waals surface area contributed by atoms with Crippen LogP contribution in [-0.4, -0.2) is 55.6 Å². The first-order valence-corrected chi connectivity index (χ1v) is 18.0. The normalized spacial score (nSPS) is 16.0. The molecule has 0 unspecified atom stereocenters. The zero-order valence-electron chi connectivity index (χ0n) is 28.4. The average molecular weight is 720 g/mol. The van der Waals surface area contributed by atoms with E-state index in [4.69, 9.17) is 4.74 Å². The molecule has 0 atom stereocenters. The van der Waals surface area contributed by atoms with Crippen molar-refractivity contribution in [3.63, 3.8) is 0 Å². The van der Waals surface area contributed by atoms with Gasteiger partial charge in [-0.3, -0.25) is 14.4 Å². The molecule has 3 aromatic carbocycles. The number of pyridine rings is 1. The van der Waals surface area contributed by atoms with Crippen molar-refractivity contribution in [3.8, 4) is 10.4 Å². The lowest BCUT2D eigenvalue weighted by molar-refractivity contribution is -0.000511. The van der Waals surface area contributed by atoms with Crippen LogP contribution in [-0.2, 0) is 11.2 Å². The van der Waals surface area contributed by atoms with Crippen LogP contribution in [0.15, 0.2) is 85.1 Å². The van der Waals surface area contributed by atoms with E-state index < -0.39 is 17.5 Å². The molecule has 3 aliphatic rings. The third kappa shape index (κ3) is 6.33. The van der Waals surface area contributed by atoms with Crippen molar-refractivity contribution in [2.45, 2.75) is 26.2 Å². The number of aromatic nitrogens is 1. The van der Waals surface area contributed by atoms with Gasteiger partial charge in [-0.15, -0.1) is 11.3 Å². The van der Waals surface area contributed by atoms with Gasteiger partial charge in [0.25, 0.3) is 17.7 Å². The number of aryl methyl sites for hydroxylation is 1. The average Bonchev–Trinajstić information content (AvgIpc) is 3.37. The molecule has 2 N–H and O–H groups in total. The Morgan fingerprint density at radius 1 is 0.885 bits per heavy atom. The molecule has 3 amide bonds. The topological polar surface area (TPSA) is 104 Å². The molecule has 0 saturated carbocycles. The molecule has 52 heavy (non-hydrogen) atoms. The van der Waals surface area contributed by atoms with Gasteiger partial charge in [0, 0.05) is 77.4 Å². The first kappa shape index (κ1) is 33.7. The quantitative estimate of drug-likeness (QED) is 0.186. The zero-order valence-corrected chi connectivity index (χ0v) is 29.2. The van der Waals surface area contributed by atoms with E-state index >= 15 is 4.39 Å². The van der Waals surface area contributed by atoms with Gasteiger partial charge in [-0.05, 0) is 86.3 Å². The van der Waals surface area contributed by atoms with Crippen LogP contribution in [0.4, 0.5) is 31.7 Å². The summed E-state index contributed by atoms with van der Waals surface area (Å²) >= 11 is 1.01. The largest absolute Gasteiger partial charge is 0.381 e. The minimum Gasteiger partial charge on any atom is -0.381 e. The number of halogens is 2. The Labute approximate surface area is 303 Å². The summed E-state index contributed by atoms with van der Waals surface area (Å²) in [5.41, 5.74) is 4.33. The standard InChI is InChI=1S/C40H35F2N5O4S/c1-24-19-31(36(43-21-24)46-22-40(23-46)14-17-51-18-15-40)37(48)44-27-11-9-25(10-12-27)39(50)47-16-13-30-33(42)35(38(49)45-28-6-4-5-26(41)20-28)52-34(30)29-7-2-3-8-32(29)47/h2-12,19-21H,13-18,22-23H2,1H3,(H,44,48)(H,45,49). The van der Waals surface area contributed by atoms with E-state index in [2.05, 4.69) is 20.5 Å². The predicted octanol–water partition coefficient (Wildman–Crippen LogP) is 7.72. The van der Waals surface area contributed by atoms with Crippen LogP contribution >= 0.6 is 11.3 Å². The maximum absolute atomic E-state index is 15.9. The molecule has 0 radical (unpaired) electrons. The number of rotatable bonds is 6. The van der Waals surface area contributed by atoms with E-state index in [1.165, 1.54) is 24.3 Å². The highest BCUT2D eigenvalue weighted by Gasteiger charge is 2.45. The highest BCUT2D eigenvalue weighted by molar-refractivity contribution is 7.17. The Kier molecular flexibility index (Phi) is 8.80. The fourth-order valence-corrected chi connectivity index (χ4v) is 8.47. The van der Waals surface area contributed by atoms with E-state index in [0.29, 0.717) is 44.3 Å². The number of para-hydroxylation sites is 1. The van der Waals surface area contributed by atoms with Gasteiger partial charge in [-0.2, -0.15) is 0 Å². The maximum Gasteiger partial charge on any atom is 0.268 e. The van der Waals surface area contributed by atoms with Gasteiger partial charge in [-0.1, -0.05) is 24.3 Å². The van der Waals surface area contributed by atoms with Gasteiger partial charge in [0.05, 0.1) is 11.3 Å². The molecule has 2 aromatic heterocycles. The second kappa shape index (κ2) is 13.6. The number of anilines is 4. The molecule has 264 valence electrons. The van der Waals surface area contributed by atoms with E-state index in [1.54, 1.807) is 53.6 Å². The number of amides is 3. The summed E-state index contributed by atoms with van der Waals surface area (Å²) in [4.78, 5) is 49.5. The second-order valence-electron chi connectivity index (χ2n) is 13.6. The predicted molar refractivity (Wildman–Crippen MR) is 198 cm³/mol. The summed E-state index contributed by atoms with van der Waals surface area (Å²) < 4.78 is 35.1. The number of carbonyl (C=O) groups is 3. The Bertz CT molecular complexity index is 2210. The van der Waals surface area contributed by atoms with E-state index in [1.807, 2.05) is 19.1 Å². The van der Waals surface area contributed by atoms with Crippen molar-refractivity contribution < 1.29 is 27.9 Å². The highest BCUT2D eigenvalue weighted by Crippen LogP contribution is 2.44. The minimum atomic E-state index is -0.669. The van der Waals surface area contributed by atoms with Crippen LogP contribution in [0.25, 0.3) is 10.4 Å². The number of hydrogen-bond donors (Lipinski definition) is 2. The molecule has 2 saturated heterocycles. The fraction of sp³-hybridized carbons (Fsp3) is 0.250. The van der Waals surface area contributed by atoms with Crippen molar-refractivity contribution >= 4 is 51.9 Å².